The van der Waals surface area contributed by atoms with Crippen LogP contribution in [-0.4, -0.2) is 36.0 Å². The van der Waals surface area contributed by atoms with Crippen molar-refractivity contribution in [1.82, 2.24) is 10.2 Å². The van der Waals surface area contributed by atoms with Crippen molar-refractivity contribution in [3.8, 4) is 0 Å². The van der Waals surface area contributed by atoms with E-state index in [2.05, 4.69) is 19.2 Å². The smallest absolute Gasteiger partial charge is 0.242 e. The summed E-state index contributed by atoms with van der Waals surface area (Å²) in [5.41, 5.74) is -0.243. The second-order valence-corrected chi connectivity index (χ2v) is 5.86. The first-order valence-electron chi connectivity index (χ1n) is 7.13. The zero-order valence-electron chi connectivity index (χ0n) is 11.5. The van der Waals surface area contributed by atoms with E-state index in [-0.39, 0.29) is 5.54 Å². The van der Waals surface area contributed by atoms with Crippen molar-refractivity contribution in [2.75, 3.05) is 13.6 Å². The van der Waals surface area contributed by atoms with Gasteiger partial charge in [0, 0.05) is 13.1 Å². The summed E-state index contributed by atoms with van der Waals surface area (Å²) in [6.07, 6.45) is 6.80. The summed E-state index contributed by atoms with van der Waals surface area (Å²) in [7, 11) is 1.99. The highest BCUT2D eigenvalue weighted by molar-refractivity contribution is 5.86. The minimum Gasteiger partial charge on any atom is -0.341 e. The van der Waals surface area contributed by atoms with Crippen molar-refractivity contribution in [3.05, 3.63) is 0 Å². The van der Waals surface area contributed by atoms with Crippen LogP contribution in [0.1, 0.15) is 52.4 Å². The zero-order chi connectivity index (χ0) is 12.5. The minimum atomic E-state index is -0.243. The third-order valence-electron chi connectivity index (χ3n) is 4.57. The standard InChI is InChI=1S/C14H26N2O/c1-4-8-14(9-5-10-15-14)13(17)16(3)11(2)12-6-7-12/h11-12,15H,4-10H2,1-3H3. The summed E-state index contributed by atoms with van der Waals surface area (Å²) >= 11 is 0. The van der Waals surface area contributed by atoms with Gasteiger partial charge in [-0.15, -0.1) is 0 Å². The number of hydrogen-bond acceptors (Lipinski definition) is 2. The van der Waals surface area contributed by atoms with Crippen LogP contribution in [0.4, 0.5) is 0 Å². The molecule has 2 rings (SSSR count). The maximum Gasteiger partial charge on any atom is 0.242 e. The molecule has 98 valence electrons. The number of nitrogens with zero attached hydrogens (tertiary/aromatic N) is 1. The number of likely N-dealkylation sites (N-methyl/N-ethyl adjacent to an activating group) is 1. The van der Waals surface area contributed by atoms with Crippen LogP contribution in [0, 0.1) is 5.92 Å². The summed E-state index contributed by atoms with van der Waals surface area (Å²) in [5, 5.41) is 3.47. The molecule has 3 nitrogen and oxygen atoms in total. The fourth-order valence-corrected chi connectivity index (χ4v) is 3.15. The van der Waals surface area contributed by atoms with Crippen LogP contribution in [0.15, 0.2) is 0 Å². The van der Waals surface area contributed by atoms with Crippen molar-refractivity contribution in [1.29, 1.82) is 0 Å². The van der Waals surface area contributed by atoms with Crippen LogP contribution in [0.5, 0.6) is 0 Å². The summed E-state index contributed by atoms with van der Waals surface area (Å²) in [4.78, 5) is 14.7. The fourth-order valence-electron chi connectivity index (χ4n) is 3.15. The van der Waals surface area contributed by atoms with Gasteiger partial charge in [-0.3, -0.25) is 4.79 Å². The molecule has 0 aromatic heterocycles. The van der Waals surface area contributed by atoms with Crippen molar-refractivity contribution in [3.63, 3.8) is 0 Å². The molecule has 1 aliphatic carbocycles. The molecule has 0 bridgehead atoms. The van der Waals surface area contributed by atoms with Gasteiger partial charge in [0.15, 0.2) is 0 Å². The summed E-state index contributed by atoms with van der Waals surface area (Å²) < 4.78 is 0. The number of carbonyl (C=O) groups excluding carboxylic acids is 1. The third kappa shape index (κ3) is 2.49. The quantitative estimate of drug-likeness (QED) is 0.796. The van der Waals surface area contributed by atoms with Gasteiger partial charge in [-0.05, 0) is 51.5 Å². The van der Waals surface area contributed by atoms with E-state index in [1.54, 1.807) is 0 Å². The number of carbonyl (C=O) groups is 1. The van der Waals surface area contributed by atoms with E-state index >= 15 is 0 Å². The average molecular weight is 238 g/mol. The molecule has 2 atom stereocenters. The maximum atomic E-state index is 12.7. The molecule has 2 fully saturated rings. The SMILES string of the molecule is CCCC1(C(=O)N(C)C(C)C2CC2)CCCN1. The van der Waals surface area contributed by atoms with Crippen molar-refractivity contribution < 1.29 is 4.79 Å². The average Bonchev–Trinajstić information content (AvgIpc) is 3.07. The topological polar surface area (TPSA) is 32.3 Å². The Balaban J connectivity index is 2.04. The lowest BCUT2D eigenvalue weighted by atomic mass is 9.89. The molecule has 2 unspecified atom stereocenters. The van der Waals surface area contributed by atoms with Crippen LogP contribution in [0.2, 0.25) is 0 Å². The minimum absolute atomic E-state index is 0.243. The molecule has 2 aliphatic rings. The van der Waals surface area contributed by atoms with Gasteiger partial charge in [0.1, 0.15) is 0 Å². The molecule has 0 radical (unpaired) electrons. The van der Waals surface area contributed by atoms with Gasteiger partial charge in [0.25, 0.3) is 0 Å². The van der Waals surface area contributed by atoms with E-state index in [1.165, 1.54) is 12.8 Å². The van der Waals surface area contributed by atoms with Crippen LogP contribution < -0.4 is 5.32 Å². The molecule has 0 spiro atoms. The van der Waals surface area contributed by atoms with Gasteiger partial charge < -0.3 is 10.2 Å². The Hall–Kier alpha value is -0.570. The Morgan fingerprint density at radius 3 is 2.71 bits per heavy atom. The largest absolute Gasteiger partial charge is 0.341 e. The van der Waals surface area contributed by atoms with Crippen LogP contribution in [-0.2, 0) is 4.79 Å². The van der Waals surface area contributed by atoms with E-state index in [4.69, 9.17) is 0 Å². The molecule has 3 heteroatoms. The lowest BCUT2D eigenvalue weighted by Crippen LogP contribution is -2.56. The first kappa shape index (κ1) is 12.9. The van der Waals surface area contributed by atoms with Gasteiger partial charge in [-0.1, -0.05) is 13.3 Å². The number of amides is 1. The Labute approximate surface area is 105 Å². The Morgan fingerprint density at radius 1 is 1.53 bits per heavy atom. The van der Waals surface area contributed by atoms with Crippen LogP contribution in [0.25, 0.3) is 0 Å². The lowest BCUT2D eigenvalue weighted by molar-refractivity contribution is -0.139. The lowest BCUT2D eigenvalue weighted by Gasteiger charge is -2.35. The predicted molar refractivity (Wildman–Crippen MR) is 69.8 cm³/mol. The first-order valence-corrected chi connectivity index (χ1v) is 7.13. The van der Waals surface area contributed by atoms with Gasteiger partial charge in [0.05, 0.1) is 5.54 Å². The second-order valence-electron chi connectivity index (χ2n) is 5.86. The maximum absolute atomic E-state index is 12.7. The molecule has 1 saturated carbocycles. The Bertz CT molecular complexity index is 280. The molecule has 1 amide bonds. The number of hydrogen-bond donors (Lipinski definition) is 1. The zero-order valence-corrected chi connectivity index (χ0v) is 11.5. The molecule has 0 aromatic carbocycles. The molecule has 0 aromatic rings. The van der Waals surface area contributed by atoms with Gasteiger partial charge in [0.2, 0.25) is 5.91 Å². The fraction of sp³-hybridized carbons (Fsp3) is 0.929. The molecule has 1 aliphatic heterocycles. The Morgan fingerprint density at radius 2 is 2.24 bits per heavy atom. The summed E-state index contributed by atoms with van der Waals surface area (Å²) in [5.74, 6) is 1.08. The first-order chi connectivity index (χ1) is 8.10. The highest BCUT2D eigenvalue weighted by Crippen LogP contribution is 2.36. The third-order valence-corrected chi connectivity index (χ3v) is 4.57. The second kappa shape index (κ2) is 4.97. The normalized spacial score (nSPS) is 30.3. The molecule has 1 N–H and O–H groups in total. The van der Waals surface area contributed by atoms with Crippen molar-refractivity contribution in [2.24, 2.45) is 5.92 Å². The van der Waals surface area contributed by atoms with Crippen LogP contribution >= 0.6 is 0 Å². The van der Waals surface area contributed by atoms with Gasteiger partial charge in [-0.2, -0.15) is 0 Å². The molecule has 1 heterocycles. The van der Waals surface area contributed by atoms with E-state index in [0.29, 0.717) is 11.9 Å². The molecule has 1 saturated heterocycles. The molecular weight excluding hydrogens is 212 g/mol. The molecular formula is C14H26N2O. The van der Waals surface area contributed by atoms with Crippen LogP contribution in [0.3, 0.4) is 0 Å². The van der Waals surface area contributed by atoms with E-state index in [1.807, 2.05) is 11.9 Å². The number of rotatable bonds is 5. The predicted octanol–water partition coefficient (Wildman–Crippen LogP) is 2.17. The monoisotopic (exact) mass is 238 g/mol. The van der Waals surface area contributed by atoms with Gasteiger partial charge in [-0.25, -0.2) is 0 Å². The molecule has 17 heavy (non-hydrogen) atoms. The van der Waals surface area contributed by atoms with Crippen molar-refractivity contribution in [2.45, 2.75) is 64.0 Å². The van der Waals surface area contributed by atoms with E-state index in [9.17, 15) is 4.79 Å². The van der Waals surface area contributed by atoms with E-state index in [0.717, 1.165) is 38.1 Å². The highest BCUT2D eigenvalue weighted by atomic mass is 16.2. The van der Waals surface area contributed by atoms with Crippen molar-refractivity contribution >= 4 is 5.91 Å². The summed E-state index contributed by atoms with van der Waals surface area (Å²) in [6.45, 7) is 5.36. The summed E-state index contributed by atoms with van der Waals surface area (Å²) in [6, 6.07) is 0.415. The van der Waals surface area contributed by atoms with Gasteiger partial charge >= 0.3 is 0 Å². The van der Waals surface area contributed by atoms with E-state index < -0.39 is 0 Å². The number of nitrogens with one attached hydrogen (secondary N) is 1. The Kier molecular flexibility index (Phi) is 3.76. The highest BCUT2D eigenvalue weighted by Gasteiger charge is 2.44.